The summed E-state index contributed by atoms with van der Waals surface area (Å²) in [6.07, 6.45) is 1.99. The Morgan fingerprint density at radius 3 is 1.75 bits per heavy atom. The number of fused-ring (bicyclic) bond motifs is 2. The third kappa shape index (κ3) is 8.45. The fourth-order valence-corrected chi connectivity index (χ4v) is 6.42. The zero-order valence-corrected chi connectivity index (χ0v) is 27.0. The third-order valence-corrected chi connectivity index (χ3v) is 9.21. The number of piperidine rings is 1. The smallest absolute Gasteiger partial charge is 0.243 e. The van der Waals surface area contributed by atoms with E-state index in [9.17, 15) is 14.4 Å². The lowest BCUT2D eigenvalue weighted by Crippen LogP contribution is -2.56. The summed E-state index contributed by atoms with van der Waals surface area (Å²) in [5.74, 6) is -1.05. The van der Waals surface area contributed by atoms with Gasteiger partial charge in [0, 0.05) is 31.3 Å². The van der Waals surface area contributed by atoms with Crippen LogP contribution in [0.4, 0.5) is 0 Å². The molecule has 8 heteroatoms. The minimum atomic E-state index is -0.892. The van der Waals surface area contributed by atoms with Crippen LogP contribution in [0.2, 0.25) is 0 Å². The maximum atomic E-state index is 14.2. The van der Waals surface area contributed by atoms with Gasteiger partial charge in [-0.25, -0.2) is 0 Å². The van der Waals surface area contributed by atoms with Crippen molar-refractivity contribution < 1.29 is 14.4 Å². The standard InChI is InChI=1S/C40H43N5O3/c41-35(31-10-2-1-3-11-31)26-43-39(47)36(24-27-14-16-29-8-4-6-12-33(29)22-27)45-40(48)37(44-38(46)32-18-20-42-21-19-32)25-28-15-17-30-9-5-7-13-34(30)23-28/h1-17,22-23,32,35-37,42H,18-21,24-26,41H2,(H,43,47)(H,44,46)(H,45,48). The molecule has 3 amide bonds. The van der Waals surface area contributed by atoms with Crippen molar-refractivity contribution in [2.24, 2.45) is 11.7 Å². The number of amides is 3. The molecule has 0 aliphatic carbocycles. The molecule has 0 spiro atoms. The fourth-order valence-electron chi connectivity index (χ4n) is 6.42. The highest BCUT2D eigenvalue weighted by Gasteiger charge is 2.30. The topological polar surface area (TPSA) is 125 Å². The van der Waals surface area contributed by atoms with Crippen molar-refractivity contribution in [1.82, 2.24) is 21.3 Å². The molecular weight excluding hydrogens is 598 g/mol. The highest BCUT2D eigenvalue weighted by atomic mass is 16.2. The van der Waals surface area contributed by atoms with E-state index in [1.165, 1.54) is 0 Å². The summed E-state index contributed by atoms with van der Waals surface area (Å²) in [4.78, 5) is 41.4. The first-order valence-electron chi connectivity index (χ1n) is 16.8. The van der Waals surface area contributed by atoms with Gasteiger partial charge in [0.2, 0.25) is 17.7 Å². The van der Waals surface area contributed by atoms with Crippen LogP contribution >= 0.6 is 0 Å². The molecule has 0 saturated carbocycles. The summed E-state index contributed by atoms with van der Waals surface area (Å²) >= 11 is 0. The van der Waals surface area contributed by atoms with Gasteiger partial charge in [0.15, 0.2) is 0 Å². The first-order chi connectivity index (χ1) is 23.4. The molecule has 0 radical (unpaired) electrons. The molecule has 1 fully saturated rings. The quantitative estimate of drug-likeness (QED) is 0.137. The number of hydrogen-bond acceptors (Lipinski definition) is 5. The van der Waals surface area contributed by atoms with Crippen molar-refractivity contribution >= 4 is 39.3 Å². The molecule has 1 heterocycles. The molecule has 48 heavy (non-hydrogen) atoms. The molecule has 5 aromatic rings. The minimum absolute atomic E-state index is 0.137. The van der Waals surface area contributed by atoms with Crippen LogP contribution in [-0.2, 0) is 27.2 Å². The van der Waals surface area contributed by atoms with Crippen LogP contribution in [0.25, 0.3) is 21.5 Å². The number of benzene rings is 5. The molecule has 6 N–H and O–H groups in total. The predicted molar refractivity (Wildman–Crippen MR) is 191 cm³/mol. The summed E-state index contributed by atoms with van der Waals surface area (Å²) < 4.78 is 0. The van der Waals surface area contributed by atoms with Gasteiger partial charge in [0.1, 0.15) is 12.1 Å². The molecule has 5 aromatic carbocycles. The highest BCUT2D eigenvalue weighted by molar-refractivity contribution is 5.93. The number of rotatable bonds is 12. The predicted octanol–water partition coefficient (Wildman–Crippen LogP) is 4.56. The van der Waals surface area contributed by atoms with Gasteiger partial charge in [-0.1, -0.05) is 115 Å². The van der Waals surface area contributed by atoms with E-state index in [1.807, 2.05) is 109 Å². The first-order valence-corrected chi connectivity index (χ1v) is 16.8. The third-order valence-electron chi connectivity index (χ3n) is 9.21. The SMILES string of the molecule is NC(CNC(=O)C(Cc1ccc2ccccc2c1)NC(=O)C(Cc1ccc2ccccc2c1)NC(=O)C1CCNCC1)c1ccccc1. The van der Waals surface area contributed by atoms with Crippen LogP contribution in [0.3, 0.4) is 0 Å². The Labute approximate surface area is 281 Å². The Kier molecular flexibility index (Phi) is 10.7. The largest absolute Gasteiger partial charge is 0.352 e. The van der Waals surface area contributed by atoms with Crippen molar-refractivity contribution in [3.63, 3.8) is 0 Å². The Hall–Kier alpha value is -5.05. The molecule has 246 valence electrons. The van der Waals surface area contributed by atoms with E-state index < -0.39 is 24.0 Å². The first kappa shape index (κ1) is 32.9. The molecule has 1 aliphatic rings. The van der Waals surface area contributed by atoms with Crippen LogP contribution in [0.5, 0.6) is 0 Å². The highest BCUT2D eigenvalue weighted by Crippen LogP contribution is 2.20. The lowest BCUT2D eigenvalue weighted by atomic mass is 9.95. The monoisotopic (exact) mass is 641 g/mol. The van der Waals surface area contributed by atoms with E-state index in [0.717, 1.165) is 51.3 Å². The zero-order valence-electron chi connectivity index (χ0n) is 27.0. The van der Waals surface area contributed by atoms with Crippen LogP contribution in [0.1, 0.15) is 35.6 Å². The molecular formula is C40H43N5O3. The van der Waals surface area contributed by atoms with Crippen LogP contribution in [0, 0.1) is 5.92 Å². The summed E-state index contributed by atoms with van der Waals surface area (Å²) in [5, 5.41) is 16.6. The van der Waals surface area contributed by atoms with Crippen molar-refractivity contribution in [3.05, 3.63) is 132 Å². The minimum Gasteiger partial charge on any atom is -0.352 e. The summed E-state index contributed by atoms with van der Waals surface area (Å²) in [6, 6.07) is 35.6. The molecule has 6 rings (SSSR count). The molecule has 3 unspecified atom stereocenters. The fraction of sp³-hybridized carbons (Fsp3) is 0.275. The number of hydrogen-bond donors (Lipinski definition) is 5. The van der Waals surface area contributed by atoms with E-state index in [4.69, 9.17) is 5.73 Å². The van der Waals surface area contributed by atoms with Crippen LogP contribution < -0.4 is 27.0 Å². The molecule has 3 atom stereocenters. The van der Waals surface area contributed by atoms with E-state index in [2.05, 4.69) is 27.3 Å². The van der Waals surface area contributed by atoms with Gasteiger partial charge in [0.05, 0.1) is 0 Å². The molecule has 0 aromatic heterocycles. The maximum Gasteiger partial charge on any atom is 0.243 e. The van der Waals surface area contributed by atoms with Crippen molar-refractivity contribution in [3.8, 4) is 0 Å². The van der Waals surface area contributed by atoms with Gasteiger partial charge >= 0.3 is 0 Å². The Morgan fingerprint density at radius 2 is 1.17 bits per heavy atom. The normalized spacial score (nSPS) is 15.4. The van der Waals surface area contributed by atoms with Gasteiger partial charge in [-0.3, -0.25) is 14.4 Å². The van der Waals surface area contributed by atoms with Gasteiger partial charge in [-0.15, -0.1) is 0 Å². The number of nitrogens with two attached hydrogens (primary N) is 1. The lowest BCUT2D eigenvalue weighted by molar-refractivity contribution is -0.133. The average molecular weight is 642 g/mol. The van der Waals surface area contributed by atoms with E-state index in [0.29, 0.717) is 12.8 Å². The van der Waals surface area contributed by atoms with Gasteiger partial charge in [-0.05, 0) is 64.2 Å². The summed E-state index contributed by atoms with van der Waals surface area (Å²) in [5.41, 5.74) is 9.14. The molecule has 8 nitrogen and oxygen atoms in total. The van der Waals surface area contributed by atoms with Gasteiger partial charge in [0.25, 0.3) is 0 Å². The molecule has 1 aliphatic heterocycles. The Balaban J connectivity index is 1.24. The average Bonchev–Trinajstić information content (AvgIpc) is 3.13. The van der Waals surface area contributed by atoms with E-state index >= 15 is 0 Å². The van der Waals surface area contributed by atoms with Crippen molar-refractivity contribution in [2.75, 3.05) is 19.6 Å². The molecule has 0 bridgehead atoms. The summed E-state index contributed by atoms with van der Waals surface area (Å²) in [6.45, 7) is 1.73. The van der Waals surface area contributed by atoms with Gasteiger partial charge < -0.3 is 27.0 Å². The number of nitrogens with one attached hydrogen (secondary N) is 4. The van der Waals surface area contributed by atoms with Crippen molar-refractivity contribution in [2.45, 2.75) is 43.8 Å². The Bertz CT molecular complexity index is 1870. The zero-order chi connectivity index (χ0) is 33.3. The molecule has 1 saturated heterocycles. The second-order valence-corrected chi connectivity index (χ2v) is 12.7. The van der Waals surface area contributed by atoms with Gasteiger partial charge in [-0.2, -0.15) is 0 Å². The van der Waals surface area contributed by atoms with Crippen molar-refractivity contribution in [1.29, 1.82) is 0 Å². The Morgan fingerprint density at radius 1 is 0.646 bits per heavy atom. The maximum absolute atomic E-state index is 14.2. The van der Waals surface area contributed by atoms with Crippen LogP contribution in [0.15, 0.2) is 115 Å². The lowest BCUT2D eigenvalue weighted by Gasteiger charge is -2.27. The van der Waals surface area contributed by atoms with E-state index in [-0.39, 0.29) is 37.1 Å². The second-order valence-electron chi connectivity index (χ2n) is 12.7. The second kappa shape index (κ2) is 15.7. The summed E-state index contributed by atoms with van der Waals surface area (Å²) in [7, 11) is 0. The number of carbonyl (C=O) groups excluding carboxylic acids is 3. The van der Waals surface area contributed by atoms with E-state index in [1.54, 1.807) is 0 Å². The number of carbonyl (C=O) groups is 3. The van der Waals surface area contributed by atoms with Crippen LogP contribution in [-0.4, -0.2) is 49.4 Å².